The van der Waals surface area contributed by atoms with E-state index in [0.29, 0.717) is 0 Å². The zero-order valence-corrected chi connectivity index (χ0v) is 35.6. The van der Waals surface area contributed by atoms with Gasteiger partial charge in [0.1, 0.15) is 0 Å². The minimum atomic E-state index is -2.83. The number of benzene rings is 10. The first-order valence-corrected chi connectivity index (χ1v) is 23.8. The van der Waals surface area contributed by atoms with Crippen LogP contribution >= 0.6 is 0 Å². The molecule has 0 aliphatic rings. The van der Waals surface area contributed by atoms with Gasteiger partial charge in [0.2, 0.25) is 0 Å². The lowest BCUT2D eigenvalue weighted by molar-refractivity contribution is 1.16. The molecule has 0 bridgehead atoms. The highest BCUT2D eigenvalue weighted by molar-refractivity contribution is 7.20. The molecule has 10 aromatic carbocycles. The molecule has 0 N–H and O–H groups in total. The van der Waals surface area contributed by atoms with E-state index >= 15 is 0 Å². The Balaban J connectivity index is 1.20. The monoisotopic (exact) mass is 818 g/mol. The Morgan fingerprint density at radius 2 is 0.698 bits per heavy atom. The van der Waals surface area contributed by atoms with Crippen molar-refractivity contribution in [3.8, 4) is 33.6 Å². The van der Waals surface area contributed by atoms with Crippen LogP contribution in [0.15, 0.2) is 255 Å². The second kappa shape index (κ2) is 15.2. The van der Waals surface area contributed by atoms with Gasteiger partial charge in [0.05, 0.1) is 27.8 Å². The first-order valence-electron chi connectivity index (χ1n) is 21.8. The molecule has 0 unspecified atom stereocenters. The lowest BCUT2D eigenvalue weighted by Gasteiger charge is -2.34. The van der Waals surface area contributed by atoms with Crippen molar-refractivity contribution in [1.82, 2.24) is 9.13 Å². The first-order chi connectivity index (χ1) is 31.3. The van der Waals surface area contributed by atoms with E-state index < -0.39 is 8.07 Å². The van der Waals surface area contributed by atoms with Crippen molar-refractivity contribution in [1.29, 1.82) is 0 Å². The van der Waals surface area contributed by atoms with Crippen LogP contribution in [-0.2, 0) is 0 Å². The number of hydrogen-bond donors (Lipinski definition) is 0. The summed E-state index contributed by atoms with van der Waals surface area (Å²) in [5.41, 5.74) is 11.8. The molecule has 0 atom stereocenters. The molecule has 12 aromatic rings. The maximum Gasteiger partial charge on any atom is 0.179 e. The van der Waals surface area contributed by atoms with Crippen LogP contribution < -0.4 is 20.7 Å². The molecule has 0 amide bonds. The Labute approximate surface area is 368 Å². The van der Waals surface area contributed by atoms with Crippen molar-refractivity contribution in [2.24, 2.45) is 0 Å². The van der Waals surface area contributed by atoms with Gasteiger partial charge < -0.3 is 9.13 Å². The van der Waals surface area contributed by atoms with Crippen molar-refractivity contribution in [3.63, 3.8) is 0 Å². The molecular weight excluding hydrogens is 777 g/mol. The average molecular weight is 819 g/mol. The largest absolute Gasteiger partial charge is 0.309 e. The van der Waals surface area contributed by atoms with Crippen molar-refractivity contribution in [2.75, 3.05) is 0 Å². The summed E-state index contributed by atoms with van der Waals surface area (Å²) in [6.07, 6.45) is 0. The van der Waals surface area contributed by atoms with Crippen molar-refractivity contribution in [3.05, 3.63) is 255 Å². The molecule has 12 rings (SSSR count). The van der Waals surface area contributed by atoms with E-state index in [9.17, 15) is 0 Å². The number of para-hydroxylation sites is 2. The normalized spacial score (nSPS) is 11.8. The third-order valence-electron chi connectivity index (χ3n) is 13.1. The Morgan fingerprint density at radius 3 is 1.27 bits per heavy atom. The molecule has 296 valence electrons. The van der Waals surface area contributed by atoms with E-state index in [1.54, 1.807) is 0 Å². The SMILES string of the molecule is c1ccc(-c2ccc(-n3c4ccccc4c4ccc(-n5c6ccccc6c6ccc([Si](c7ccccc7)(c7ccccc7)c7ccccc7)cc65)c(-c5ccccc5)c43)cc2)cc1. The van der Waals surface area contributed by atoms with Crippen LogP contribution in [0.4, 0.5) is 0 Å². The number of aromatic nitrogens is 2. The molecule has 3 heteroatoms. The fourth-order valence-electron chi connectivity index (χ4n) is 10.4. The average Bonchev–Trinajstić information content (AvgIpc) is 3.88. The smallest absolute Gasteiger partial charge is 0.179 e. The Kier molecular flexibility index (Phi) is 8.87. The van der Waals surface area contributed by atoms with E-state index in [4.69, 9.17) is 0 Å². The van der Waals surface area contributed by atoms with Gasteiger partial charge >= 0.3 is 0 Å². The van der Waals surface area contributed by atoms with Gasteiger partial charge in [-0.1, -0.05) is 218 Å². The van der Waals surface area contributed by atoms with Gasteiger partial charge in [-0.2, -0.15) is 0 Å². The predicted octanol–water partition coefficient (Wildman–Crippen LogP) is 12.6. The van der Waals surface area contributed by atoms with Crippen molar-refractivity contribution >= 4 is 72.4 Å². The maximum absolute atomic E-state index is 2.83. The highest BCUT2D eigenvalue weighted by atomic mass is 28.3. The lowest BCUT2D eigenvalue weighted by atomic mass is 9.99. The van der Waals surface area contributed by atoms with Gasteiger partial charge in [0.25, 0.3) is 0 Å². The van der Waals surface area contributed by atoms with Crippen LogP contribution in [0, 0.1) is 0 Å². The van der Waals surface area contributed by atoms with Gasteiger partial charge in [-0.3, -0.25) is 0 Å². The van der Waals surface area contributed by atoms with Gasteiger partial charge in [-0.15, -0.1) is 0 Å². The van der Waals surface area contributed by atoms with E-state index in [1.165, 1.54) is 86.6 Å². The summed E-state index contributed by atoms with van der Waals surface area (Å²) < 4.78 is 5.04. The van der Waals surface area contributed by atoms with Gasteiger partial charge in [-0.05, 0) is 73.8 Å². The number of nitrogens with zero attached hydrogens (tertiary/aromatic N) is 2. The summed E-state index contributed by atoms with van der Waals surface area (Å²) in [6.45, 7) is 0. The summed E-state index contributed by atoms with van der Waals surface area (Å²) >= 11 is 0. The van der Waals surface area contributed by atoms with Crippen molar-refractivity contribution in [2.45, 2.75) is 0 Å². The zero-order chi connectivity index (χ0) is 41.7. The molecule has 0 aliphatic carbocycles. The van der Waals surface area contributed by atoms with E-state index in [0.717, 1.165) is 11.4 Å². The summed E-state index contributed by atoms with van der Waals surface area (Å²) in [6, 6.07) is 94.3. The van der Waals surface area contributed by atoms with Crippen LogP contribution in [0.5, 0.6) is 0 Å². The van der Waals surface area contributed by atoms with Crippen LogP contribution in [0.3, 0.4) is 0 Å². The molecule has 0 aliphatic heterocycles. The molecular formula is C60H42N2Si. The standard InChI is InChI=1S/C60H42N2Si/c1-6-20-43(21-7-1)44-34-36-46(37-35-44)61-55-32-18-17-31-52(55)54-40-41-57(59(60(54)61)45-22-8-2-9-23-45)62-56-33-19-16-30-51(56)53-39-38-50(42-58(53)62)63(47-24-10-3-11-25-47,48-26-12-4-13-27-48)49-28-14-5-15-29-49/h1-42H. The molecule has 63 heavy (non-hydrogen) atoms. The van der Waals surface area contributed by atoms with Crippen LogP contribution in [0.2, 0.25) is 0 Å². The third-order valence-corrected chi connectivity index (χ3v) is 17.9. The maximum atomic E-state index is 2.55. The number of hydrogen-bond acceptors (Lipinski definition) is 0. The topological polar surface area (TPSA) is 9.86 Å². The van der Waals surface area contributed by atoms with Gasteiger partial charge in [0, 0.05) is 32.8 Å². The highest BCUT2D eigenvalue weighted by Crippen LogP contribution is 2.44. The molecule has 0 radical (unpaired) electrons. The molecule has 2 heterocycles. The summed E-state index contributed by atoms with van der Waals surface area (Å²) in [5.74, 6) is 0. The molecule has 0 spiro atoms. The fraction of sp³-hybridized carbons (Fsp3) is 0. The molecule has 0 fully saturated rings. The molecule has 2 nitrogen and oxygen atoms in total. The Bertz CT molecular complexity index is 3480. The third kappa shape index (κ3) is 5.85. The van der Waals surface area contributed by atoms with Gasteiger partial charge in [0.15, 0.2) is 8.07 Å². The quantitative estimate of drug-likeness (QED) is 0.107. The number of fused-ring (bicyclic) bond motifs is 6. The molecule has 2 aromatic heterocycles. The number of rotatable bonds is 8. The summed E-state index contributed by atoms with van der Waals surface area (Å²) in [7, 11) is -2.83. The van der Waals surface area contributed by atoms with E-state index in [2.05, 4.69) is 264 Å². The Morgan fingerprint density at radius 1 is 0.270 bits per heavy atom. The first kappa shape index (κ1) is 36.8. The van der Waals surface area contributed by atoms with E-state index in [1.807, 2.05) is 0 Å². The summed E-state index contributed by atoms with van der Waals surface area (Å²) in [5, 5.41) is 10.4. The van der Waals surface area contributed by atoms with Gasteiger partial charge in [-0.25, -0.2) is 0 Å². The summed E-state index contributed by atoms with van der Waals surface area (Å²) in [4.78, 5) is 0. The minimum absolute atomic E-state index is 1.13. The van der Waals surface area contributed by atoms with E-state index in [-0.39, 0.29) is 0 Å². The van der Waals surface area contributed by atoms with Crippen LogP contribution in [-0.4, -0.2) is 17.2 Å². The van der Waals surface area contributed by atoms with Crippen LogP contribution in [0.1, 0.15) is 0 Å². The predicted molar refractivity (Wildman–Crippen MR) is 270 cm³/mol. The highest BCUT2D eigenvalue weighted by Gasteiger charge is 2.41. The minimum Gasteiger partial charge on any atom is -0.309 e. The van der Waals surface area contributed by atoms with Crippen LogP contribution in [0.25, 0.3) is 77.2 Å². The second-order valence-corrected chi connectivity index (χ2v) is 20.2. The lowest BCUT2D eigenvalue weighted by Crippen LogP contribution is -2.74. The second-order valence-electron chi connectivity index (χ2n) is 16.4. The molecule has 0 saturated heterocycles. The Hall–Kier alpha value is -7.98. The molecule has 0 saturated carbocycles. The van der Waals surface area contributed by atoms with Crippen molar-refractivity contribution < 1.29 is 0 Å². The zero-order valence-electron chi connectivity index (χ0n) is 34.6. The fourth-order valence-corrected chi connectivity index (χ4v) is 15.1.